The number of nitrogens with zero attached hydrogens (tertiary/aromatic N) is 1. The van der Waals surface area contributed by atoms with E-state index in [1.165, 1.54) is 7.11 Å². The van der Waals surface area contributed by atoms with Crippen molar-refractivity contribution in [2.75, 3.05) is 7.11 Å². The molecular formula is C20H21BrF2N2O4. The summed E-state index contributed by atoms with van der Waals surface area (Å²) in [7, 11) is 1.50. The van der Waals surface area contributed by atoms with Crippen LogP contribution in [0.5, 0.6) is 5.75 Å². The molecule has 3 rings (SSSR count). The normalized spacial score (nSPS) is 18.1. The molecule has 1 amide bonds. The summed E-state index contributed by atoms with van der Waals surface area (Å²) in [6.07, 6.45) is -2.24. The van der Waals surface area contributed by atoms with Gasteiger partial charge in [-0.15, -0.1) is 0 Å². The lowest BCUT2D eigenvalue weighted by Gasteiger charge is -2.40. The average molecular weight is 471 g/mol. The highest BCUT2D eigenvalue weighted by Gasteiger charge is 2.38. The Kier molecular flexibility index (Phi) is 6.40. The number of ether oxygens (including phenoxy) is 1. The highest BCUT2D eigenvalue weighted by Crippen LogP contribution is 2.36. The molecule has 4 N–H and O–H groups in total. The lowest BCUT2D eigenvalue weighted by molar-refractivity contribution is 0.0248. The fourth-order valence-electron chi connectivity index (χ4n) is 3.76. The van der Waals surface area contributed by atoms with E-state index in [9.17, 15) is 23.8 Å². The minimum atomic E-state index is -1.25. The van der Waals surface area contributed by atoms with Gasteiger partial charge in [0, 0.05) is 22.1 Å². The molecule has 2 aromatic rings. The Morgan fingerprint density at radius 1 is 1.31 bits per heavy atom. The predicted octanol–water partition coefficient (Wildman–Crippen LogP) is 3.07. The van der Waals surface area contributed by atoms with E-state index < -0.39 is 35.9 Å². The molecule has 0 aliphatic carbocycles. The molecular weight excluding hydrogens is 450 g/mol. The molecule has 0 spiro atoms. The maximum Gasteiger partial charge on any atom is 0.407 e. The molecule has 0 unspecified atom stereocenters. The van der Waals surface area contributed by atoms with Crippen LogP contribution in [0.3, 0.4) is 0 Å². The standard InChI is InChI=1S/C20H21BrF2N2O4/c1-29-18-3-2-15(21)13-8-17(25(20(27)28)9-14(13)18)19(26)16(24)6-10-4-11(22)7-12(23)5-10/h2-5,7,16-17,19,26H,6,8-9,24H2,1H3,(H,27,28)/t16-,17+,19-/m0/s1. The summed E-state index contributed by atoms with van der Waals surface area (Å²) >= 11 is 3.47. The van der Waals surface area contributed by atoms with Crippen LogP contribution in [0, 0.1) is 11.6 Å². The number of hydrogen-bond acceptors (Lipinski definition) is 4. The summed E-state index contributed by atoms with van der Waals surface area (Å²) in [5.41, 5.74) is 7.94. The summed E-state index contributed by atoms with van der Waals surface area (Å²) < 4.78 is 33.0. The number of fused-ring (bicyclic) bond motifs is 1. The van der Waals surface area contributed by atoms with Crippen molar-refractivity contribution in [2.24, 2.45) is 5.73 Å². The van der Waals surface area contributed by atoms with E-state index >= 15 is 0 Å². The van der Waals surface area contributed by atoms with Crippen LogP contribution >= 0.6 is 15.9 Å². The Labute approximate surface area is 175 Å². The zero-order valence-electron chi connectivity index (χ0n) is 15.6. The number of amides is 1. The number of carboxylic acid groups (broad SMARTS) is 1. The molecule has 0 fully saturated rings. The monoisotopic (exact) mass is 470 g/mol. The van der Waals surface area contributed by atoms with E-state index in [1.807, 2.05) is 0 Å². The Morgan fingerprint density at radius 3 is 2.55 bits per heavy atom. The van der Waals surface area contributed by atoms with Crippen LogP contribution in [0.4, 0.5) is 13.6 Å². The lowest BCUT2D eigenvalue weighted by atomic mass is 9.87. The van der Waals surface area contributed by atoms with Gasteiger partial charge in [0.25, 0.3) is 0 Å². The van der Waals surface area contributed by atoms with Crippen molar-refractivity contribution in [3.05, 3.63) is 63.1 Å². The van der Waals surface area contributed by atoms with E-state index in [4.69, 9.17) is 10.5 Å². The number of aliphatic hydroxyl groups is 1. The SMILES string of the molecule is COc1ccc(Br)c2c1CN(C(=O)O)[C@@H]([C@@H](O)[C@@H](N)Cc1cc(F)cc(F)c1)C2. The van der Waals surface area contributed by atoms with E-state index in [-0.39, 0.29) is 24.9 Å². The van der Waals surface area contributed by atoms with Gasteiger partial charge < -0.3 is 20.7 Å². The van der Waals surface area contributed by atoms with Crippen LogP contribution in [0.2, 0.25) is 0 Å². The minimum Gasteiger partial charge on any atom is -0.496 e. The Morgan fingerprint density at radius 2 is 1.97 bits per heavy atom. The molecule has 156 valence electrons. The summed E-state index contributed by atoms with van der Waals surface area (Å²) in [5.74, 6) is -0.921. The van der Waals surface area contributed by atoms with Crippen LogP contribution in [0.1, 0.15) is 16.7 Å². The lowest BCUT2D eigenvalue weighted by Crippen LogP contribution is -2.56. The molecule has 3 atom stereocenters. The van der Waals surface area contributed by atoms with E-state index in [2.05, 4.69) is 15.9 Å². The van der Waals surface area contributed by atoms with Gasteiger partial charge in [-0.2, -0.15) is 0 Å². The third kappa shape index (κ3) is 4.52. The van der Waals surface area contributed by atoms with Crippen molar-refractivity contribution in [3.63, 3.8) is 0 Å². The van der Waals surface area contributed by atoms with Gasteiger partial charge in [-0.05, 0) is 48.2 Å². The first-order chi connectivity index (χ1) is 13.7. The number of halogens is 3. The Balaban J connectivity index is 1.88. The first-order valence-corrected chi connectivity index (χ1v) is 9.73. The van der Waals surface area contributed by atoms with Crippen molar-refractivity contribution >= 4 is 22.0 Å². The topological polar surface area (TPSA) is 96.0 Å². The minimum absolute atomic E-state index is 0.00799. The van der Waals surface area contributed by atoms with E-state index in [0.717, 1.165) is 33.1 Å². The predicted molar refractivity (Wildman–Crippen MR) is 106 cm³/mol. The number of carbonyl (C=O) groups is 1. The second kappa shape index (κ2) is 8.64. The number of rotatable bonds is 5. The maximum atomic E-state index is 13.4. The molecule has 1 heterocycles. The number of hydrogen-bond donors (Lipinski definition) is 3. The second-order valence-corrected chi connectivity index (χ2v) is 7.88. The fourth-order valence-corrected chi connectivity index (χ4v) is 4.29. The molecule has 6 nitrogen and oxygen atoms in total. The second-order valence-electron chi connectivity index (χ2n) is 7.02. The van der Waals surface area contributed by atoms with Crippen molar-refractivity contribution in [2.45, 2.75) is 37.6 Å². The molecule has 29 heavy (non-hydrogen) atoms. The quantitative estimate of drug-likeness (QED) is 0.623. The van der Waals surface area contributed by atoms with E-state index in [0.29, 0.717) is 11.3 Å². The van der Waals surface area contributed by atoms with Gasteiger partial charge in [0.15, 0.2) is 0 Å². The summed E-state index contributed by atoms with van der Waals surface area (Å²) in [6, 6.07) is 4.83. The molecule has 0 saturated heterocycles. The van der Waals surface area contributed by atoms with Crippen LogP contribution in [0.25, 0.3) is 0 Å². The largest absolute Gasteiger partial charge is 0.496 e. The van der Waals surface area contributed by atoms with Crippen LogP contribution in [0.15, 0.2) is 34.8 Å². The first kappa shape index (κ1) is 21.5. The fraction of sp³-hybridized carbons (Fsp3) is 0.350. The van der Waals surface area contributed by atoms with Crippen molar-refractivity contribution in [1.29, 1.82) is 0 Å². The average Bonchev–Trinajstić information content (AvgIpc) is 2.66. The van der Waals surface area contributed by atoms with Crippen molar-refractivity contribution in [3.8, 4) is 5.75 Å². The third-order valence-electron chi connectivity index (χ3n) is 5.17. The van der Waals surface area contributed by atoms with Gasteiger partial charge in [0.2, 0.25) is 0 Å². The molecule has 1 aliphatic heterocycles. The summed E-state index contributed by atoms with van der Waals surface area (Å²) in [4.78, 5) is 13.0. The van der Waals surface area contributed by atoms with Crippen molar-refractivity contribution in [1.82, 2.24) is 4.90 Å². The number of nitrogens with two attached hydrogens (primary N) is 1. The number of methoxy groups -OCH3 is 1. The van der Waals surface area contributed by atoms with E-state index in [1.54, 1.807) is 12.1 Å². The van der Waals surface area contributed by atoms with Crippen LogP contribution in [-0.4, -0.2) is 46.5 Å². The molecule has 0 saturated carbocycles. The van der Waals surface area contributed by atoms with Crippen LogP contribution < -0.4 is 10.5 Å². The highest BCUT2D eigenvalue weighted by atomic mass is 79.9. The zero-order chi connectivity index (χ0) is 21.3. The first-order valence-electron chi connectivity index (χ1n) is 8.93. The van der Waals surface area contributed by atoms with Crippen LogP contribution in [-0.2, 0) is 19.4 Å². The number of benzene rings is 2. The van der Waals surface area contributed by atoms with Gasteiger partial charge in [-0.3, -0.25) is 4.90 Å². The molecule has 0 aromatic heterocycles. The number of aliphatic hydroxyl groups excluding tert-OH is 1. The van der Waals surface area contributed by atoms with Gasteiger partial charge in [0.1, 0.15) is 17.4 Å². The highest BCUT2D eigenvalue weighted by molar-refractivity contribution is 9.10. The molecule has 9 heteroatoms. The van der Waals surface area contributed by atoms with Gasteiger partial charge in [-0.25, -0.2) is 13.6 Å². The smallest absolute Gasteiger partial charge is 0.407 e. The molecule has 1 aliphatic rings. The van der Waals surface area contributed by atoms with Gasteiger partial charge >= 0.3 is 6.09 Å². The zero-order valence-corrected chi connectivity index (χ0v) is 17.2. The van der Waals surface area contributed by atoms with Crippen molar-refractivity contribution < 1.29 is 28.5 Å². The maximum absolute atomic E-state index is 13.4. The Bertz CT molecular complexity index is 907. The Hall–Kier alpha value is -2.23. The summed E-state index contributed by atoms with van der Waals surface area (Å²) in [6.45, 7) is 0.0241. The molecule has 2 aromatic carbocycles. The third-order valence-corrected chi connectivity index (χ3v) is 5.91. The van der Waals surface area contributed by atoms with Gasteiger partial charge in [0.05, 0.1) is 25.8 Å². The molecule has 0 bridgehead atoms. The molecule has 0 radical (unpaired) electrons. The summed E-state index contributed by atoms with van der Waals surface area (Å²) in [5, 5.41) is 20.5. The van der Waals surface area contributed by atoms with Gasteiger partial charge in [-0.1, -0.05) is 15.9 Å².